The largest absolute Gasteiger partial charge is 0.316 e. The van der Waals surface area contributed by atoms with E-state index in [1.807, 2.05) is 30.6 Å². The van der Waals surface area contributed by atoms with Crippen molar-refractivity contribution >= 4 is 39.5 Å². The first-order valence-corrected chi connectivity index (χ1v) is 9.46. The first-order valence-electron chi connectivity index (χ1n) is 6.57. The molecule has 1 heterocycles. The summed E-state index contributed by atoms with van der Waals surface area (Å²) in [5.41, 5.74) is 0.169. The Balaban J connectivity index is 2.20. The summed E-state index contributed by atoms with van der Waals surface area (Å²) < 4.78 is 28.3. The lowest BCUT2D eigenvalue weighted by molar-refractivity contribution is 0.488. The van der Waals surface area contributed by atoms with Crippen LogP contribution in [0.4, 0.5) is 8.78 Å². The molecular weight excluding hydrogens is 364 g/mol. The molecule has 1 aliphatic heterocycles. The lowest BCUT2D eigenvalue weighted by Crippen LogP contribution is -2.44. The minimum absolute atomic E-state index is 0.0705. The number of benzene rings is 1. The molecule has 1 N–H and O–H groups in total. The van der Waals surface area contributed by atoms with E-state index in [-0.39, 0.29) is 11.6 Å². The molecule has 112 valence electrons. The van der Waals surface area contributed by atoms with Crippen LogP contribution in [-0.4, -0.2) is 35.1 Å². The number of halogens is 3. The summed E-state index contributed by atoms with van der Waals surface area (Å²) in [6.45, 7) is 2.19. The van der Waals surface area contributed by atoms with Gasteiger partial charge in [-0.1, -0.05) is 6.92 Å². The van der Waals surface area contributed by atoms with Gasteiger partial charge in [-0.2, -0.15) is 23.5 Å². The van der Waals surface area contributed by atoms with Crippen LogP contribution < -0.4 is 5.32 Å². The maximum atomic E-state index is 14.1. The van der Waals surface area contributed by atoms with E-state index in [0.717, 1.165) is 11.5 Å². The van der Waals surface area contributed by atoms with Crippen molar-refractivity contribution in [2.24, 2.45) is 0 Å². The Morgan fingerprint density at radius 1 is 1.35 bits per heavy atom. The van der Waals surface area contributed by atoms with Crippen LogP contribution in [0.15, 0.2) is 16.6 Å². The van der Waals surface area contributed by atoms with Crippen LogP contribution in [0.1, 0.15) is 12.5 Å². The average molecular weight is 382 g/mol. The third-order valence-electron chi connectivity index (χ3n) is 3.57. The fourth-order valence-corrected chi connectivity index (χ4v) is 5.82. The standard InChI is InChI=1S/C14H18BrF2NS2/c1-8-14(20-6-5-19-8)12(18-2)7-9-11(16)4-3-10(15)13(9)17/h3-4,8,12,14,18H,5-7H2,1-2H3. The van der Waals surface area contributed by atoms with Crippen LogP contribution in [0.2, 0.25) is 0 Å². The lowest BCUT2D eigenvalue weighted by atomic mass is 10.0. The first kappa shape index (κ1) is 16.6. The van der Waals surface area contributed by atoms with Crippen molar-refractivity contribution in [3.05, 3.63) is 33.8 Å². The van der Waals surface area contributed by atoms with E-state index < -0.39 is 11.6 Å². The number of hydrogen-bond acceptors (Lipinski definition) is 3. The zero-order valence-corrected chi connectivity index (χ0v) is 14.7. The number of likely N-dealkylation sites (N-methyl/N-ethyl adjacent to an activating group) is 1. The van der Waals surface area contributed by atoms with Gasteiger partial charge < -0.3 is 5.32 Å². The Morgan fingerprint density at radius 2 is 2.05 bits per heavy atom. The van der Waals surface area contributed by atoms with Gasteiger partial charge >= 0.3 is 0 Å². The Bertz CT molecular complexity index is 473. The molecule has 1 aromatic carbocycles. The third kappa shape index (κ3) is 3.70. The highest BCUT2D eigenvalue weighted by molar-refractivity contribution is 9.10. The van der Waals surface area contributed by atoms with E-state index in [1.54, 1.807) is 0 Å². The lowest BCUT2D eigenvalue weighted by Gasteiger charge is -2.34. The van der Waals surface area contributed by atoms with Gasteiger partial charge in [0.25, 0.3) is 0 Å². The summed E-state index contributed by atoms with van der Waals surface area (Å²) >= 11 is 6.96. The van der Waals surface area contributed by atoms with E-state index in [9.17, 15) is 8.78 Å². The average Bonchev–Trinajstić information content (AvgIpc) is 2.45. The predicted octanol–water partition coefficient (Wildman–Crippen LogP) is 4.09. The van der Waals surface area contributed by atoms with Crippen molar-refractivity contribution < 1.29 is 8.78 Å². The maximum absolute atomic E-state index is 14.1. The van der Waals surface area contributed by atoms with Crippen LogP contribution in [0.3, 0.4) is 0 Å². The number of rotatable bonds is 4. The van der Waals surface area contributed by atoms with Crippen LogP contribution in [-0.2, 0) is 6.42 Å². The van der Waals surface area contributed by atoms with Crippen LogP contribution in [0, 0.1) is 11.6 Å². The molecule has 1 fully saturated rings. The SMILES string of the molecule is CNC(Cc1c(F)ccc(Br)c1F)C1SCCSC1C. The van der Waals surface area contributed by atoms with Crippen LogP contribution in [0.25, 0.3) is 0 Å². The van der Waals surface area contributed by atoms with Gasteiger partial charge in [0, 0.05) is 33.6 Å². The molecule has 0 radical (unpaired) electrons. The van der Waals surface area contributed by atoms with Crippen LogP contribution in [0.5, 0.6) is 0 Å². The van der Waals surface area contributed by atoms with Crippen molar-refractivity contribution in [2.45, 2.75) is 29.9 Å². The van der Waals surface area contributed by atoms with Gasteiger partial charge in [0.1, 0.15) is 11.6 Å². The number of hydrogen-bond donors (Lipinski definition) is 1. The van der Waals surface area contributed by atoms with E-state index in [0.29, 0.717) is 21.4 Å². The fraction of sp³-hybridized carbons (Fsp3) is 0.571. The highest BCUT2D eigenvalue weighted by Crippen LogP contribution is 2.34. The fourth-order valence-electron chi connectivity index (χ4n) is 2.45. The van der Waals surface area contributed by atoms with Gasteiger partial charge in [0.05, 0.1) is 4.47 Å². The van der Waals surface area contributed by atoms with Crippen molar-refractivity contribution in [3.63, 3.8) is 0 Å². The quantitative estimate of drug-likeness (QED) is 0.788. The highest BCUT2D eigenvalue weighted by atomic mass is 79.9. The van der Waals surface area contributed by atoms with Crippen LogP contribution >= 0.6 is 39.5 Å². The monoisotopic (exact) mass is 381 g/mol. The topological polar surface area (TPSA) is 12.0 Å². The zero-order valence-electron chi connectivity index (χ0n) is 11.5. The Morgan fingerprint density at radius 3 is 2.70 bits per heavy atom. The van der Waals surface area contributed by atoms with Gasteiger partial charge in [-0.05, 0) is 41.5 Å². The van der Waals surface area contributed by atoms with Gasteiger partial charge in [-0.15, -0.1) is 0 Å². The zero-order chi connectivity index (χ0) is 14.7. The molecule has 0 bridgehead atoms. The second kappa shape index (κ2) is 7.47. The molecule has 3 atom stereocenters. The van der Waals surface area contributed by atoms with Crippen molar-refractivity contribution in [1.29, 1.82) is 0 Å². The molecule has 1 aliphatic rings. The molecular formula is C14H18BrF2NS2. The van der Waals surface area contributed by atoms with Crippen molar-refractivity contribution in [3.8, 4) is 0 Å². The smallest absolute Gasteiger partial charge is 0.143 e. The normalized spacial score (nSPS) is 24.6. The van der Waals surface area contributed by atoms with Crippen molar-refractivity contribution in [1.82, 2.24) is 5.32 Å². The van der Waals surface area contributed by atoms with Gasteiger partial charge in [-0.25, -0.2) is 8.78 Å². The van der Waals surface area contributed by atoms with Crippen molar-refractivity contribution in [2.75, 3.05) is 18.6 Å². The Labute approximate surface area is 135 Å². The molecule has 0 amide bonds. The van der Waals surface area contributed by atoms with E-state index in [2.05, 4.69) is 28.2 Å². The first-order chi connectivity index (χ1) is 9.54. The summed E-state index contributed by atoms with van der Waals surface area (Å²) in [5, 5.41) is 4.10. The van der Waals surface area contributed by atoms with E-state index >= 15 is 0 Å². The Hall–Kier alpha value is 0.220. The predicted molar refractivity (Wildman–Crippen MR) is 88.8 cm³/mol. The molecule has 1 saturated heterocycles. The summed E-state index contributed by atoms with van der Waals surface area (Å²) in [5.74, 6) is 1.30. The molecule has 0 aromatic heterocycles. The molecule has 0 spiro atoms. The summed E-state index contributed by atoms with van der Waals surface area (Å²) in [4.78, 5) is 0. The van der Waals surface area contributed by atoms with Gasteiger partial charge in [-0.3, -0.25) is 0 Å². The molecule has 0 saturated carbocycles. The molecule has 0 aliphatic carbocycles. The molecule has 20 heavy (non-hydrogen) atoms. The summed E-state index contributed by atoms with van der Waals surface area (Å²) in [6.07, 6.45) is 0.371. The molecule has 3 unspecified atom stereocenters. The molecule has 1 nitrogen and oxygen atoms in total. The van der Waals surface area contributed by atoms with Gasteiger partial charge in [0.15, 0.2) is 0 Å². The second-order valence-corrected chi connectivity index (χ2v) is 8.46. The molecule has 6 heteroatoms. The summed E-state index contributed by atoms with van der Waals surface area (Å²) in [7, 11) is 1.87. The van der Waals surface area contributed by atoms with E-state index in [1.165, 1.54) is 12.1 Å². The molecule has 1 aromatic rings. The number of thioether (sulfide) groups is 2. The van der Waals surface area contributed by atoms with Gasteiger partial charge in [0.2, 0.25) is 0 Å². The minimum Gasteiger partial charge on any atom is -0.316 e. The van der Waals surface area contributed by atoms with E-state index in [4.69, 9.17) is 0 Å². The highest BCUT2D eigenvalue weighted by Gasteiger charge is 2.31. The third-order valence-corrected chi connectivity index (χ3v) is 7.43. The maximum Gasteiger partial charge on any atom is 0.143 e. The number of nitrogens with one attached hydrogen (secondary N) is 1. The summed E-state index contributed by atoms with van der Waals surface area (Å²) in [6, 6.07) is 2.80. The second-order valence-electron chi connectivity index (χ2n) is 4.83. The minimum atomic E-state index is -0.480. The Kier molecular flexibility index (Phi) is 6.20. The molecule has 2 rings (SSSR count).